The molecule has 8 heteroatoms. The van der Waals surface area contributed by atoms with E-state index in [9.17, 15) is 13.2 Å². The van der Waals surface area contributed by atoms with Gasteiger partial charge in [0.25, 0.3) is 0 Å². The topological polar surface area (TPSA) is 96.6 Å². The van der Waals surface area contributed by atoms with Crippen LogP contribution in [0.5, 0.6) is 0 Å². The number of allylic oxidation sites excluding steroid dienone is 1. The number of furan rings is 1. The molecule has 6 nitrogen and oxygen atoms in total. The monoisotopic (exact) mass is 349 g/mol. The molecule has 104 valence electrons. The molecule has 1 atom stereocenters. The van der Waals surface area contributed by atoms with E-state index in [0.717, 1.165) is 18.9 Å². The van der Waals surface area contributed by atoms with Crippen molar-refractivity contribution in [3.63, 3.8) is 0 Å². The first kappa shape index (κ1) is 14.3. The Kier molecular flexibility index (Phi) is 4.12. The van der Waals surface area contributed by atoms with Crippen molar-refractivity contribution in [3.05, 3.63) is 28.6 Å². The molecule has 0 fully saturated rings. The Morgan fingerprint density at radius 3 is 2.74 bits per heavy atom. The van der Waals surface area contributed by atoms with E-state index in [1.165, 1.54) is 0 Å². The number of halogens is 1. The van der Waals surface area contributed by atoms with E-state index in [-0.39, 0.29) is 15.6 Å². The van der Waals surface area contributed by atoms with Crippen molar-refractivity contribution < 1.29 is 22.7 Å². The van der Waals surface area contributed by atoms with Gasteiger partial charge in [-0.1, -0.05) is 12.2 Å². The molecule has 0 saturated carbocycles. The first-order valence-corrected chi connectivity index (χ1v) is 7.88. The normalized spacial score (nSPS) is 19.5. The number of carboxylic acids is 1. The van der Waals surface area contributed by atoms with Crippen LogP contribution in [0, 0.1) is 0 Å². The fraction of sp³-hybridized carbons (Fsp3) is 0.364. The molecule has 0 bridgehead atoms. The summed E-state index contributed by atoms with van der Waals surface area (Å²) in [7, 11) is -3.79. The summed E-state index contributed by atoms with van der Waals surface area (Å²) in [6.45, 7) is 0. The van der Waals surface area contributed by atoms with E-state index < -0.39 is 21.8 Å². The smallest absolute Gasteiger partial charge is 0.371 e. The van der Waals surface area contributed by atoms with E-state index in [1.54, 1.807) is 0 Å². The SMILES string of the molecule is O=C(O)c1cc(S(=O)(=O)NC2CC=CCC2)c(Br)o1. The van der Waals surface area contributed by atoms with Gasteiger partial charge in [0.05, 0.1) is 0 Å². The molecule has 0 amide bonds. The van der Waals surface area contributed by atoms with Crippen molar-refractivity contribution in [2.75, 3.05) is 0 Å². The van der Waals surface area contributed by atoms with Crippen LogP contribution in [0.2, 0.25) is 0 Å². The highest BCUT2D eigenvalue weighted by Crippen LogP contribution is 2.27. The molecule has 1 aromatic rings. The molecule has 2 N–H and O–H groups in total. The standard InChI is InChI=1S/C11H12BrNO5S/c12-10-9(6-8(18-10)11(14)15)19(16,17)13-7-4-2-1-3-5-7/h1-2,6-7,13H,3-5H2,(H,14,15). The van der Waals surface area contributed by atoms with E-state index in [1.807, 2.05) is 12.2 Å². The maximum atomic E-state index is 12.1. The van der Waals surface area contributed by atoms with Gasteiger partial charge in [-0.05, 0) is 35.2 Å². The molecule has 19 heavy (non-hydrogen) atoms. The Hall–Kier alpha value is -1.12. The first-order chi connectivity index (χ1) is 8.90. The number of hydrogen-bond acceptors (Lipinski definition) is 4. The van der Waals surface area contributed by atoms with Crippen molar-refractivity contribution in [2.24, 2.45) is 0 Å². The third kappa shape index (κ3) is 3.26. The molecule has 1 aromatic heterocycles. The third-order valence-corrected chi connectivity index (χ3v) is 5.12. The lowest BCUT2D eigenvalue weighted by Gasteiger charge is -2.18. The zero-order valence-electron chi connectivity index (χ0n) is 9.80. The maximum absolute atomic E-state index is 12.1. The quantitative estimate of drug-likeness (QED) is 0.811. The summed E-state index contributed by atoms with van der Waals surface area (Å²) in [4.78, 5) is 10.5. The van der Waals surface area contributed by atoms with Crippen LogP contribution in [0.4, 0.5) is 0 Å². The van der Waals surface area contributed by atoms with Gasteiger partial charge in [-0.2, -0.15) is 0 Å². The number of aromatic carboxylic acids is 1. The van der Waals surface area contributed by atoms with Crippen molar-refractivity contribution >= 4 is 31.9 Å². The van der Waals surface area contributed by atoms with Gasteiger partial charge in [-0.15, -0.1) is 0 Å². The van der Waals surface area contributed by atoms with Crippen LogP contribution in [0.3, 0.4) is 0 Å². The molecule has 0 aliphatic heterocycles. The second-order valence-corrected chi connectivity index (χ2v) is 6.56. The zero-order chi connectivity index (χ0) is 14.0. The van der Waals surface area contributed by atoms with Crippen molar-refractivity contribution in [1.82, 2.24) is 4.72 Å². The van der Waals surface area contributed by atoms with Crippen molar-refractivity contribution in [2.45, 2.75) is 30.2 Å². The van der Waals surface area contributed by atoms with Crippen LogP contribution in [0.15, 0.2) is 32.2 Å². The van der Waals surface area contributed by atoms with Crippen LogP contribution in [0.1, 0.15) is 29.8 Å². The van der Waals surface area contributed by atoms with Gasteiger partial charge in [0.1, 0.15) is 4.90 Å². The van der Waals surface area contributed by atoms with Gasteiger partial charge in [0.2, 0.25) is 15.8 Å². The summed E-state index contributed by atoms with van der Waals surface area (Å²) in [5.41, 5.74) is 0. The Morgan fingerprint density at radius 2 is 2.21 bits per heavy atom. The molecule has 2 rings (SSSR count). The van der Waals surface area contributed by atoms with Crippen LogP contribution in [-0.4, -0.2) is 25.5 Å². The van der Waals surface area contributed by atoms with Gasteiger partial charge in [0.15, 0.2) is 4.67 Å². The van der Waals surface area contributed by atoms with E-state index in [2.05, 4.69) is 20.7 Å². The first-order valence-electron chi connectivity index (χ1n) is 5.60. The lowest BCUT2D eigenvalue weighted by molar-refractivity contribution is 0.0661. The minimum Gasteiger partial charge on any atom is -0.475 e. The molecule has 0 aromatic carbocycles. The van der Waals surface area contributed by atoms with Gasteiger partial charge >= 0.3 is 5.97 Å². The predicted molar refractivity (Wildman–Crippen MR) is 70.5 cm³/mol. The summed E-state index contributed by atoms with van der Waals surface area (Å²) in [6, 6.07) is 0.818. The summed E-state index contributed by atoms with van der Waals surface area (Å²) in [5.74, 6) is -1.74. The Bertz CT molecular complexity index is 619. The fourth-order valence-corrected chi connectivity index (χ4v) is 4.05. The van der Waals surface area contributed by atoms with Crippen LogP contribution >= 0.6 is 15.9 Å². The molecule has 1 aliphatic rings. The Morgan fingerprint density at radius 1 is 1.47 bits per heavy atom. The second-order valence-electron chi connectivity index (χ2n) is 4.16. The highest BCUT2D eigenvalue weighted by atomic mass is 79.9. The molecular formula is C11H12BrNO5S. The number of sulfonamides is 1. The average molecular weight is 350 g/mol. The maximum Gasteiger partial charge on any atom is 0.371 e. The molecule has 1 heterocycles. The third-order valence-electron chi connectivity index (χ3n) is 2.75. The van der Waals surface area contributed by atoms with Crippen LogP contribution < -0.4 is 4.72 Å². The minimum absolute atomic E-state index is 0.108. The summed E-state index contributed by atoms with van der Waals surface area (Å²) < 4.78 is 31.5. The Labute approximate surface area is 118 Å². The van der Waals surface area contributed by atoms with E-state index in [4.69, 9.17) is 9.52 Å². The molecular weight excluding hydrogens is 338 g/mol. The highest BCUT2D eigenvalue weighted by Gasteiger charge is 2.27. The van der Waals surface area contributed by atoms with Gasteiger partial charge in [-0.25, -0.2) is 17.9 Å². The molecule has 0 radical (unpaired) electrons. The average Bonchev–Trinajstić information content (AvgIpc) is 2.73. The summed E-state index contributed by atoms with van der Waals surface area (Å²) >= 11 is 2.92. The van der Waals surface area contributed by atoms with Gasteiger partial charge in [-0.3, -0.25) is 0 Å². The summed E-state index contributed by atoms with van der Waals surface area (Å²) in [5, 5.41) is 8.77. The molecule has 1 aliphatic carbocycles. The zero-order valence-corrected chi connectivity index (χ0v) is 12.2. The van der Waals surface area contributed by atoms with Crippen LogP contribution in [0.25, 0.3) is 0 Å². The minimum atomic E-state index is -3.79. The fourth-order valence-electron chi connectivity index (χ4n) is 1.82. The van der Waals surface area contributed by atoms with E-state index in [0.29, 0.717) is 6.42 Å². The molecule has 0 saturated heterocycles. The number of rotatable bonds is 4. The number of hydrogen-bond donors (Lipinski definition) is 2. The van der Waals surface area contributed by atoms with Crippen molar-refractivity contribution in [3.8, 4) is 0 Å². The van der Waals surface area contributed by atoms with Gasteiger partial charge < -0.3 is 9.52 Å². The lowest BCUT2D eigenvalue weighted by Crippen LogP contribution is -2.35. The number of carbonyl (C=O) groups is 1. The molecule has 1 unspecified atom stereocenters. The number of nitrogens with one attached hydrogen (secondary N) is 1. The predicted octanol–water partition coefficient (Wildman–Crippen LogP) is 2.13. The lowest BCUT2D eigenvalue weighted by atomic mass is 10.0. The van der Waals surface area contributed by atoms with Crippen molar-refractivity contribution in [1.29, 1.82) is 0 Å². The van der Waals surface area contributed by atoms with Gasteiger partial charge in [0, 0.05) is 12.1 Å². The Balaban J connectivity index is 2.24. The highest BCUT2D eigenvalue weighted by molar-refractivity contribution is 9.10. The summed E-state index contributed by atoms with van der Waals surface area (Å²) in [6.07, 6.45) is 6.09. The largest absolute Gasteiger partial charge is 0.475 e. The number of carboxylic acid groups (broad SMARTS) is 1. The molecule has 0 spiro atoms. The second kappa shape index (κ2) is 5.48. The van der Waals surface area contributed by atoms with E-state index >= 15 is 0 Å². The van der Waals surface area contributed by atoms with Crippen LogP contribution in [-0.2, 0) is 10.0 Å².